The predicted molar refractivity (Wildman–Crippen MR) is 95.5 cm³/mol. The molecule has 0 saturated carbocycles. The van der Waals surface area contributed by atoms with Gasteiger partial charge in [0.15, 0.2) is 0 Å². The van der Waals surface area contributed by atoms with Gasteiger partial charge in [-0.1, -0.05) is 19.1 Å². The summed E-state index contributed by atoms with van der Waals surface area (Å²) in [4.78, 5) is 24.0. The number of nitrogens with one attached hydrogen (secondary N) is 2. The van der Waals surface area contributed by atoms with Gasteiger partial charge in [-0.15, -0.1) is 0 Å². The third-order valence-electron chi connectivity index (χ3n) is 3.29. The minimum absolute atomic E-state index is 0.0367. The fourth-order valence-corrected chi connectivity index (χ4v) is 2.22. The maximum absolute atomic E-state index is 12.4. The smallest absolute Gasteiger partial charge is 0.255 e. The Morgan fingerprint density at radius 3 is 2.38 bits per heavy atom. The topological polar surface area (TPSA) is 67.4 Å². The Balaban J connectivity index is 2.06. The Kier molecular flexibility index (Phi) is 6.37. The van der Waals surface area contributed by atoms with Gasteiger partial charge in [-0.05, 0) is 49.7 Å². The van der Waals surface area contributed by atoms with Crippen molar-refractivity contribution in [3.8, 4) is 5.75 Å². The summed E-state index contributed by atoms with van der Waals surface area (Å²) in [5.74, 6) is 0.393. The zero-order valence-corrected chi connectivity index (χ0v) is 14.0. The summed E-state index contributed by atoms with van der Waals surface area (Å²) in [6, 6.07) is 14.1. The molecule has 0 unspecified atom stereocenters. The molecule has 2 aromatic rings. The summed E-state index contributed by atoms with van der Waals surface area (Å²) in [5.41, 5.74) is 1.80. The molecule has 0 aromatic heterocycles. The van der Waals surface area contributed by atoms with E-state index in [1.807, 2.05) is 19.9 Å². The first kappa shape index (κ1) is 17.5. The zero-order valence-electron chi connectivity index (χ0n) is 14.0. The molecular weight excluding hydrogens is 304 g/mol. The monoisotopic (exact) mass is 326 g/mol. The van der Waals surface area contributed by atoms with E-state index in [2.05, 4.69) is 10.6 Å². The van der Waals surface area contributed by atoms with E-state index >= 15 is 0 Å². The highest BCUT2D eigenvalue weighted by Gasteiger charge is 2.08. The van der Waals surface area contributed by atoms with Crippen LogP contribution in [-0.2, 0) is 4.79 Å². The summed E-state index contributed by atoms with van der Waals surface area (Å²) in [7, 11) is 0. The fourth-order valence-electron chi connectivity index (χ4n) is 2.22. The van der Waals surface area contributed by atoms with Crippen LogP contribution in [0.1, 0.15) is 37.0 Å². The number of carbonyl (C=O) groups excluding carboxylic acids is 2. The van der Waals surface area contributed by atoms with Crippen LogP contribution in [-0.4, -0.2) is 18.4 Å². The molecule has 0 bridgehead atoms. The van der Waals surface area contributed by atoms with Gasteiger partial charge < -0.3 is 15.4 Å². The molecule has 5 heteroatoms. The molecule has 126 valence electrons. The van der Waals surface area contributed by atoms with Crippen LogP contribution in [0, 0.1) is 0 Å². The molecule has 2 amide bonds. The van der Waals surface area contributed by atoms with Crippen molar-refractivity contribution in [3.05, 3.63) is 54.1 Å². The van der Waals surface area contributed by atoms with Gasteiger partial charge in [-0.25, -0.2) is 0 Å². The lowest BCUT2D eigenvalue weighted by atomic mass is 10.2. The predicted octanol–water partition coefficient (Wildman–Crippen LogP) is 4.08. The van der Waals surface area contributed by atoms with Gasteiger partial charge in [0.2, 0.25) is 5.91 Å². The van der Waals surface area contributed by atoms with Crippen molar-refractivity contribution < 1.29 is 14.3 Å². The molecule has 2 N–H and O–H groups in total. The first-order valence-corrected chi connectivity index (χ1v) is 8.06. The third kappa shape index (κ3) is 5.12. The quantitative estimate of drug-likeness (QED) is 0.806. The molecule has 0 fully saturated rings. The van der Waals surface area contributed by atoms with E-state index in [9.17, 15) is 9.59 Å². The van der Waals surface area contributed by atoms with Gasteiger partial charge in [0, 0.05) is 23.4 Å². The molecule has 0 aliphatic heterocycles. The molecule has 0 radical (unpaired) electrons. The minimum atomic E-state index is -0.228. The van der Waals surface area contributed by atoms with Crippen molar-refractivity contribution in [2.75, 3.05) is 17.2 Å². The standard InChI is InChI=1S/C19H22N2O3/c1-3-7-18(22)20-15-9-6-10-16(13-15)21-19(23)14-8-5-11-17(12-14)24-4-2/h5-6,8-13H,3-4,7H2,1-2H3,(H,20,22)(H,21,23). The van der Waals surface area contributed by atoms with Crippen LogP contribution in [0.15, 0.2) is 48.5 Å². The molecule has 0 saturated heterocycles. The second-order valence-corrected chi connectivity index (χ2v) is 5.29. The summed E-state index contributed by atoms with van der Waals surface area (Å²) >= 11 is 0. The van der Waals surface area contributed by atoms with Crippen molar-refractivity contribution in [2.45, 2.75) is 26.7 Å². The normalized spacial score (nSPS) is 10.1. The molecule has 0 heterocycles. The molecule has 2 aromatic carbocycles. The van der Waals surface area contributed by atoms with E-state index in [0.717, 1.165) is 6.42 Å². The van der Waals surface area contributed by atoms with Crippen LogP contribution in [0.5, 0.6) is 5.75 Å². The van der Waals surface area contributed by atoms with E-state index < -0.39 is 0 Å². The molecule has 24 heavy (non-hydrogen) atoms. The number of anilines is 2. The highest BCUT2D eigenvalue weighted by molar-refractivity contribution is 6.05. The van der Waals surface area contributed by atoms with Crippen molar-refractivity contribution in [3.63, 3.8) is 0 Å². The summed E-state index contributed by atoms with van der Waals surface area (Å²) in [6.45, 7) is 4.39. The van der Waals surface area contributed by atoms with Crippen LogP contribution in [0.3, 0.4) is 0 Å². The SMILES string of the molecule is CCCC(=O)Nc1cccc(NC(=O)c2cccc(OCC)c2)c1. The van der Waals surface area contributed by atoms with E-state index in [0.29, 0.717) is 35.7 Å². The Morgan fingerprint density at radius 1 is 0.958 bits per heavy atom. The van der Waals surface area contributed by atoms with Gasteiger partial charge >= 0.3 is 0 Å². The number of rotatable bonds is 7. The number of benzene rings is 2. The molecule has 0 spiro atoms. The number of ether oxygens (including phenoxy) is 1. The Labute approximate surface area is 142 Å². The Morgan fingerprint density at radius 2 is 1.67 bits per heavy atom. The van der Waals surface area contributed by atoms with Crippen LogP contribution in [0.25, 0.3) is 0 Å². The average Bonchev–Trinajstić information content (AvgIpc) is 2.56. The second kappa shape index (κ2) is 8.72. The van der Waals surface area contributed by atoms with E-state index in [4.69, 9.17) is 4.74 Å². The zero-order chi connectivity index (χ0) is 17.4. The van der Waals surface area contributed by atoms with Crippen LogP contribution in [0.4, 0.5) is 11.4 Å². The average molecular weight is 326 g/mol. The van der Waals surface area contributed by atoms with Crippen molar-refractivity contribution >= 4 is 23.2 Å². The van der Waals surface area contributed by atoms with Gasteiger partial charge in [0.1, 0.15) is 5.75 Å². The van der Waals surface area contributed by atoms with Crippen molar-refractivity contribution in [1.82, 2.24) is 0 Å². The number of hydrogen-bond acceptors (Lipinski definition) is 3. The number of amides is 2. The van der Waals surface area contributed by atoms with Crippen molar-refractivity contribution in [2.24, 2.45) is 0 Å². The maximum Gasteiger partial charge on any atom is 0.255 e. The molecule has 0 atom stereocenters. The van der Waals surface area contributed by atoms with Crippen LogP contribution >= 0.6 is 0 Å². The molecule has 5 nitrogen and oxygen atoms in total. The summed E-state index contributed by atoms with van der Waals surface area (Å²) in [5, 5.41) is 5.64. The lowest BCUT2D eigenvalue weighted by molar-refractivity contribution is -0.116. The molecule has 0 aliphatic carbocycles. The van der Waals surface area contributed by atoms with Crippen LogP contribution < -0.4 is 15.4 Å². The van der Waals surface area contributed by atoms with Gasteiger partial charge in [0.25, 0.3) is 5.91 Å². The molecular formula is C19H22N2O3. The van der Waals surface area contributed by atoms with Crippen molar-refractivity contribution in [1.29, 1.82) is 0 Å². The van der Waals surface area contributed by atoms with E-state index in [1.54, 1.807) is 42.5 Å². The highest BCUT2D eigenvalue weighted by Crippen LogP contribution is 2.18. The van der Waals surface area contributed by atoms with Gasteiger partial charge in [-0.2, -0.15) is 0 Å². The van der Waals surface area contributed by atoms with E-state index in [1.165, 1.54) is 0 Å². The van der Waals surface area contributed by atoms with E-state index in [-0.39, 0.29) is 11.8 Å². The molecule has 2 rings (SSSR count). The van der Waals surface area contributed by atoms with Crippen LogP contribution in [0.2, 0.25) is 0 Å². The highest BCUT2D eigenvalue weighted by atomic mass is 16.5. The molecule has 0 aliphatic rings. The summed E-state index contributed by atoms with van der Waals surface area (Å²) < 4.78 is 5.41. The van der Waals surface area contributed by atoms with Gasteiger partial charge in [0.05, 0.1) is 6.61 Å². The fraction of sp³-hybridized carbons (Fsp3) is 0.263. The lowest BCUT2D eigenvalue weighted by Crippen LogP contribution is -2.13. The summed E-state index contributed by atoms with van der Waals surface area (Å²) in [6.07, 6.45) is 1.26. The maximum atomic E-state index is 12.4. The second-order valence-electron chi connectivity index (χ2n) is 5.29. The number of hydrogen-bond donors (Lipinski definition) is 2. The number of carbonyl (C=O) groups is 2. The third-order valence-corrected chi connectivity index (χ3v) is 3.29. The largest absolute Gasteiger partial charge is 0.494 e. The minimum Gasteiger partial charge on any atom is -0.494 e. The Bertz CT molecular complexity index is 713. The Hall–Kier alpha value is -2.82. The lowest BCUT2D eigenvalue weighted by Gasteiger charge is -2.09. The first-order valence-electron chi connectivity index (χ1n) is 8.06. The van der Waals surface area contributed by atoms with Gasteiger partial charge in [-0.3, -0.25) is 9.59 Å². The first-order chi connectivity index (χ1) is 11.6.